The van der Waals surface area contributed by atoms with Gasteiger partial charge in [-0.25, -0.2) is 4.79 Å². The van der Waals surface area contributed by atoms with Crippen molar-refractivity contribution >= 4 is 27.7 Å². The van der Waals surface area contributed by atoms with E-state index in [-0.39, 0.29) is 18.2 Å². The molecule has 0 bridgehead atoms. The van der Waals surface area contributed by atoms with E-state index in [4.69, 9.17) is 9.15 Å². The van der Waals surface area contributed by atoms with Crippen LogP contribution in [0.4, 0.5) is 0 Å². The molecular formula is C13H9BrO4. The molecule has 0 radical (unpaired) electrons. The smallest absolute Gasteiger partial charge is 0.374 e. The van der Waals surface area contributed by atoms with Gasteiger partial charge in [0.2, 0.25) is 5.76 Å². The Labute approximate surface area is 112 Å². The molecule has 5 heteroatoms. The van der Waals surface area contributed by atoms with Crippen molar-refractivity contribution in [3.05, 3.63) is 58.5 Å². The van der Waals surface area contributed by atoms with Crippen LogP contribution in [0.1, 0.15) is 20.9 Å². The highest BCUT2D eigenvalue weighted by molar-refractivity contribution is 9.10. The molecule has 2 aromatic rings. The summed E-state index contributed by atoms with van der Waals surface area (Å²) < 4.78 is 10.3. The lowest BCUT2D eigenvalue weighted by atomic mass is 10.1. The number of carbonyl (C=O) groups is 2. The zero-order valence-electron chi connectivity index (χ0n) is 9.26. The number of carbonyl (C=O) groups excluding carboxylic acids is 2. The fraction of sp³-hybridized carbons (Fsp3) is 0.0769. The Morgan fingerprint density at radius 1 is 1.11 bits per heavy atom. The lowest BCUT2D eigenvalue weighted by Crippen LogP contribution is -2.13. The Bertz CT molecular complexity index is 559. The normalized spacial score (nSPS) is 10.1. The van der Waals surface area contributed by atoms with Gasteiger partial charge in [-0.15, -0.1) is 0 Å². The van der Waals surface area contributed by atoms with Crippen molar-refractivity contribution in [1.82, 2.24) is 0 Å². The molecule has 4 nitrogen and oxygen atoms in total. The molecule has 0 fully saturated rings. The number of ketones is 1. The zero-order chi connectivity index (χ0) is 13.0. The van der Waals surface area contributed by atoms with Gasteiger partial charge in [0.15, 0.2) is 17.1 Å². The summed E-state index contributed by atoms with van der Waals surface area (Å²) in [5.74, 6) is -0.859. The Morgan fingerprint density at radius 2 is 1.83 bits per heavy atom. The molecule has 92 valence electrons. The first kappa shape index (κ1) is 12.6. The second-order valence-electron chi connectivity index (χ2n) is 3.47. The van der Waals surface area contributed by atoms with Crippen molar-refractivity contribution in [1.29, 1.82) is 0 Å². The van der Waals surface area contributed by atoms with Crippen molar-refractivity contribution < 1.29 is 18.7 Å². The van der Waals surface area contributed by atoms with E-state index in [9.17, 15) is 9.59 Å². The third kappa shape index (κ3) is 3.07. The van der Waals surface area contributed by atoms with Crippen molar-refractivity contribution in [2.45, 2.75) is 0 Å². The van der Waals surface area contributed by atoms with Gasteiger partial charge in [0, 0.05) is 5.56 Å². The van der Waals surface area contributed by atoms with Crippen LogP contribution in [0.2, 0.25) is 0 Å². The molecule has 0 atom stereocenters. The summed E-state index contributed by atoms with van der Waals surface area (Å²) in [6, 6.07) is 11.7. The van der Waals surface area contributed by atoms with Crippen LogP contribution in [0.5, 0.6) is 0 Å². The fourth-order valence-corrected chi connectivity index (χ4v) is 1.64. The Morgan fingerprint density at radius 3 is 2.44 bits per heavy atom. The van der Waals surface area contributed by atoms with Crippen LogP contribution < -0.4 is 0 Å². The number of furan rings is 1. The SMILES string of the molecule is O=C(COC(=O)c1ccc(Br)o1)c1ccccc1. The van der Waals surface area contributed by atoms with E-state index < -0.39 is 5.97 Å². The summed E-state index contributed by atoms with van der Waals surface area (Å²) in [5, 5.41) is 0. The number of hydrogen-bond acceptors (Lipinski definition) is 4. The number of rotatable bonds is 4. The Kier molecular flexibility index (Phi) is 3.94. The maximum absolute atomic E-state index is 11.7. The van der Waals surface area contributed by atoms with E-state index in [0.717, 1.165) is 0 Å². The largest absolute Gasteiger partial charge is 0.451 e. The average molecular weight is 309 g/mol. The van der Waals surface area contributed by atoms with E-state index in [1.165, 1.54) is 6.07 Å². The summed E-state index contributed by atoms with van der Waals surface area (Å²) in [6.07, 6.45) is 0. The summed E-state index contributed by atoms with van der Waals surface area (Å²) in [7, 11) is 0. The van der Waals surface area contributed by atoms with Crippen molar-refractivity contribution in [3.8, 4) is 0 Å². The van der Waals surface area contributed by atoms with Crippen LogP contribution in [0.25, 0.3) is 0 Å². The Hall–Kier alpha value is -1.88. The number of esters is 1. The molecule has 0 aliphatic carbocycles. The molecule has 0 saturated heterocycles. The van der Waals surface area contributed by atoms with E-state index in [2.05, 4.69) is 15.9 Å². The second-order valence-corrected chi connectivity index (χ2v) is 4.25. The quantitative estimate of drug-likeness (QED) is 0.643. The topological polar surface area (TPSA) is 56.5 Å². The number of halogens is 1. The standard InChI is InChI=1S/C13H9BrO4/c14-12-7-6-11(18-12)13(16)17-8-10(15)9-4-2-1-3-5-9/h1-7H,8H2. The maximum Gasteiger partial charge on any atom is 0.374 e. The molecular weight excluding hydrogens is 300 g/mol. The second kappa shape index (κ2) is 5.64. The van der Waals surface area contributed by atoms with Gasteiger partial charge in [-0.05, 0) is 28.1 Å². The zero-order valence-corrected chi connectivity index (χ0v) is 10.8. The molecule has 1 aromatic carbocycles. The van der Waals surface area contributed by atoms with Crippen molar-refractivity contribution in [3.63, 3.8) is 0 Å². The lowest BCUT2D eigenvalue weighted by molar-refractivity contribution is 0.0442. The predicted molar refractivity (Wildman–Crippen MR) is 67.5 cm³/mol. The molecule has 1 aromatic heterocycles. The van der Waals surface area contributed by atoms with Crippen LogP contribution in [0, 0.1) is 0 Å². The van der Waals surface area contributed by atoms with Crippen LogP contribution in [0.3, 0.4) is 0 Å². The predicted octanol–water partition coefficient (Wildman–Crippen LogP) is 3.08. The number of benzene rings is 1. The lowest BCUT2D eigenvalue weighted by Gasteiger charge is -2.02. The number of Topliss-reactive ketones (excluding diaryl/α,β-unsaturated/α-hetero) is 1. The minimum atomic E-state index is -0.662. The monoisotopic (exact) mass is 308 g/mol. The van der Waals surface area contributed by atoms with Crippen LogP contribution in [-0.2, 0) is 4.74 Å². The van der Waals surface area contributed by atoms with Gasteiger partial charge in [0.05, 0.1) is 0 Å². The minimum absolute atomic E-state index is 0.0581. The minimum Gasteiger partial charge on any atom is -0.451 e. The first-order valence-corrected chi connectivity index (χ1v) is 5.97. The van der Waals surface area contributed by atoms with Gasteiger partial charge < -0.3 is 9.15 Å². The van der Waals surface area contributed by atoms with E-state index >= 15 is 0 Å². The molecule has 1 heterocycles. The van der Waals surface area contributed by atoms with E-state index in [1.54, 1.807) is 30.3 Å². The highest BCUT2D eigenvalue weighted by Gasteiger charge is 2.14. The number of hydrogen-bond donors (Lipinski definition) is 0. The fourth-order valence-electron chi connectivity index (χ4n) is 1.33. The molecule has 0 amide bonds. The molecule has 0 N–H and O–H groups in total. The van der Waals surface area contributed by atoms with Crippen molar-refractivity contribution in [2.24, 2.45) is 0 Å². The molecule has 18 heavy (non-hydrogen) atoms. The maximum atomic E-state index is 11.7. The highest BCUT2D eigenvalue weighted by Crippen LogP contribution is 2.14. The molecule has 0 aliphatic heterocycles. The molecule has 0 aliphatic rings. The van der Waals surface area contributed by atoms with Crippen LogP contribution in [0.15, 0.2) is 51.6 Å². The van der Waals surface area contributed by atoms with E-state index in [1.807, 2.05) is 6.07 Å². The average Bonchev–Trinajstić information content (AvgIpc) is 2.83. The van der Waals surface area contributed by atoms with Gasteiger partial charge in [-0.3, -0.25) is 4.79 Å². The Balaban J connectivity index is 1.92. The third-order valence-corrected chi connectivity index (χ3v) is 2.63. The van der Waals surface area contributed by atoms with Crippen LogP contribution >= 0.6 is 15.9 Å². The van der Waals surface area contributed by atoms with Gasteiger partial charge in [-0.1, -0.05) is 30.3 Å². The first-order valence-electron chi connectivity index (χ1n) is 5.17. The molecule has 0 saturated carbocycles. The summed E-state index contributed by atoms with van der Waals surface area (Å²) >= 11 is 3.08. The highest BCUT2D eigenvalue weighted by atomic mass is 79.9. The third-order valence-electron chi connectivity index (χ3n) is 2.20. The van der Waals surface area contributed by atoms with Crippen LogP contribution in [-0.4, -0.2) is 18.4 Å². The summed E-state index contributed by atoms with van der Waals surface area (Å²) in [4.78, 5) is 23.2. The van der Waals surface area contributed by atoms with E-state index in [0.29, 0.717) is 10.2 Å². The van der Waals surface area contributed by atoms with Gasteiger partial charge in [0.1, 0.15) is 0 Å². The van der Waals surface area contributed by atoms with Gasteiger partial charge >= 0.3 is 5.97 Å². The molecule has 0 spiro atoms. The first-order chi connectivity index (χ1) is 8.66. The van der Waals surface area contributed by atoms with Gasteiger partial charge in [-0.2, -0.15) is 0 Å². The van der Waals surface area contributed by atoms with Crippen molar-refractivity contribution in [2.75, 3.05) is 6.61 Å². The molecule has 2 rings (SSSR count). The summed E-state index contributed by atoms with van der Waals surface area (Å²) in [6.45, 7) is -0.304. The number of ether oxygens (including phenoxy) is 1. The van der Waals surface area contributed by atoms with Gasteiger partial charge in [0.25, 0.3) is 0 Å². The summed E-state index contributed by atoms with van der Waals surface area (Å²) in [5.41, 5.74) is 0.505. The molecule has 0 unspecified atom stereocenters.